The summed E-state index contributed by atoms with van der Waals surface area (Å²) in [7, 11) is -3.03. The summed E-state index contributed by atoms with van der Waals surface area (Å²) in [6.45, 7) is 1.65. The van der Waals surface area contributed by atoms with E-state index in [2.05, 4.69) is 34.1 Å². The summed E-state index contributed by atoms with van der Waals surface area (Å²) >= 11 is 6.04. The first-order chi connectivity index (χ1) is 14.5. The zero-order valence-corrected chi connectivity index (χ0v) is 17.6. The maximum Gasteiger partial charge on any atom is 0.416 e. The van der Waals surface area contributed by atoms with Crippen LogP contribution in [0, 0.1) is 0 Å². The summed E-state index contributed by atoms with van der Waals surface area (Å²) in [5.41, 5.74) is -1.02. The number of fused-ring (bicyclic) bond motifs is 1. The van der Waals surface area contributed by atoms with E-state index in [1.54, 1.807) is 13.0 Å². The van der Waals surface area contributed by atoms with E-state index in [0.29, 0.717) is 5.82 Å². The van der Waals surface area contributed by atoms with Crippen molar-refractivity contribution in [3.05, 3.63) is 58.9 Å². The van der Waals surface area contributed by atoms with Crippen LogP contribution in [0.25, 0.3) is 5.95 Å². The quantitative estimate of drug-likeness (QED) is 0.630. The van der Waals surface area contributed by atoms with Crippen molar-refractivity contribution in [2.75, 3.05) is 6.26 Å². The molecular formula is C17H14ClF3N8OS. The molecule has 9 nitrogen and oxygen atoms in total. The average molecular weight is 471 g/mol. The number of nitrogens with one attached hydrogen (secondary N) is 1. The van der Waals surface area contributed by atoms with Crippen molar-refractivity contribution in [2.45, 2.75) is 19.1 Å². The molecule has 1 aliphatic heterocycles. The van der Waals surface area contributed by atoms with Gasteiger partial charge in [0.25, 0.3) is 5.95 Å². The van der Waals surface area contributed by atoms with Gasteiger partial charge in [0, 0.05) is 24.2 Å². The first kappa shape index (κ1) is 21.2. The SMILES string of the molecule is C[C@H](N=C1NS(C)(=O)=Nc2c(Cl)cc(C(F)(F)F)cc21)c1ncnn1-c1ncccn1. The van der Waals surface area contributed by atoms with Crippen LogP contribution < -0.4 is 4.72 Å². The van der Waals surface area contributed by atoms with E-state index >= 15 is 0 Å². The normalized spacial score (nSPS) is 20.6. The molecule has 2 aromatic heterocycles. The summed E-state index contributed by atoms with van der Waals surface area (Å²) in [5, 5.41) is 3.80. The second kappa shape index (κ2) is 7.57. The topological polar surface area (TPSA) is 110 Å². The Kier molecular flexibility index (Phi) is 5.17. The molecule has 2 atom stereocenters. The number of hydrogen-bond acceptors (Lipinski definition) is 7. The van der Waals surface area contributed by atoms with Crippen molar-refractivity contribution >= 4 is 33.0 Å². The van der Waals surface area contributed by atoms with Crippen LogP contribution in [0.5, 0.6) is 0 Å². The van der Waals surface area contributed by atoms with Crippen LogP contribution in [0.1, 0.15) is 29.9 Å². The lowest BCUT2D eigenvalue weighted by Crippen LogP contribution is -2.34. The van der Waals surface area contributed by atoms with Crippen LogP contribution in [0.2, 0.25) is 5.02 Å². The lowest BCUT2D eigenvalue weighted by atomic mass is 10.1. The first-order valence-electron chi connectivity index (χ1n) is 8.71. The van der Waals surface area contributed by atoms with Crippen molar-refractivity contribution in [3.63, 3.8) is 0 Å². The Bertz CT molecular complexity index is 1300. The fraction of sp³-hybridized carbons (Fsp3) is 0.235. The predicted octanol–water partition coefficient (Wildman–Crippen LogP) is 3.48. The number of hydrogen-bond donors (Lipinski definition) is 1. The molecule has 14 heteroatoms. The van der Waals surface area contributed by atoms with Crippen molar-refractivity contribution in [1.29, 1.82) is 0 Å². The molecule has 1 aliphatic rings. The highest BCUT2D eigenvalue weighted by Gasteiger charge is 2.34. The maximum absolute atomic E-state index is 13.3. The standard InChI is InChI=1S/C17H14ClF3N8OS/c1-9(15-24-8-25-29(15)16-22-4-3-5-23-16)26-14-11-6-10(17(19,20)21)7-12(18)13(11)27-31(2,30)28-14/h3-9H,1-2H3,(H,26,27,28,30)/t9-,31?/m0/s1. The Morgan fingerprint density at radius 2 is 1.94 bits per heavy atom. The molecule has 1 aromatic carbocycles. The van der Waals surface area contributed by atoms with E-state index in [9.17, 15) is 17.4 Å². The molecule has 0 saturated heterocycles. The Balaban J connectivity index is 1.83. The van der Waals surface area contributed by atoms with E-state index in [4.69, 9.17) is 11.6 Å². The Labute approximate surface area is 179 Å². The van der Waals surface area contributed by atoms with Crippen LogP contribution >= 0.6 is 11.6 Å². The van der Waals surface area contributed by atoms with Crippen LogP contribution in [-0.4, -0.2) is 41.0 Å². The second-order valence-corrected chi connectivity index (χ2v) is 8.98. The van der Waals surface area contributed by atoms with E-state index in [0.717, 1.165) is 12.1 Å². The van der Waals surface area contributed by atoms with Gasteiger partial charge < -0.3 is 0 Å². The van der Waals surface area contributed by atoms with Crippen LogP contribution in [0.3, 0.4) is 0 Å². The lowest BCUT2D eigenvalue weighted by Gasteiger charge is -2.22. The molecule has 3 heterocycles. The number of halogens is 4. The van der Waals surface area contributed by atoms with Gasteiger partial charge in [0.1, 0.15) is 33.8 Å². The zero-order valence-electron chi connectivity index (χ0n) is 16.0. The number of amidine groups is 1. The Morgan fingerprint density at radius 1 is 1.23 bits per heavy atom. The Morgan fingerprint density at radius 3 is 2.61 bits per heavy atom. The molecule has 162 valence electrons. The molecule has 0 spiro atoms. The molecule has 31 heavy (non-hydrogen) atoms. The van der Waals surface area contributed by atoms with Crippen LogP contribution in [0.15, 0.2) is 46.3 Å². The van der Waals surface area contributed by atoms with Gasteiger partial charge >= 0.3 is 6.18 Å². The summed E-state index contributed by atoms with van der Waals surface area (Å²) in [6.07, 6.45) is 0.993. The molecule has 3 aromatic rings. The minimum atomic E-state index is -4.63. The van der Waals surface area contributed by atoms with Crippen molar-refractivity contribution in [3.8, 4) is 5.95 Å². The first-order valence-corrected chi connectivity index (χ1v) is 11.0. The molecule has 0 amide bonds. The third-order valence-electron chi connectivity index (χ3n) is 4.21. The van der Waals surface area contributed by atoms with Gasteiger partial charge in [-0.15, -0.1) is 0 Å². The van der Waals surface area contributed by atoms with Gasteiger partial charge in [-0.3, -0.25) is 9.71 Å². The largest absolute Gasteiger partial charge is 0.416 e. The number of aliphatic imine (C=N–C) groups is 1. The number of nitrogens with zero attached hydrogens (tertiary/aromatic N) is 7. The third kappa shape index (κ3) is 4.23. The van der Waals surface area contributed by atoms with Gasteiger partial charge in [-0.1, -0.05) is 11.6 Å². The minimum absolute atomic E-state index is 0.0190. The Hall–Kier alpha value is -3.06. The van der Waals surface area contributed by atoms with Gasteiger partial charge in [0.05, 0.1) is 10.6 Å². The average Bonchev–Trinajstić information content (AvgIpc) is 3.18. The van der Waals surface area contributed by atoms with Gasteiger partial charge in [0.2, 0.25) is 0 Å². The van der Waals surface area contributed by atoms with E-state index < -0.39 is 27.7 Å². The van der Waals surface area contributed by atoms with Gasteiger partial charge in [-0.05, 0) is 25.1 Å². The predicted molar refractivity (Wildman–Crippen MR) is 108 cm³/mol. The lowest BCUT2D eigenvalue weighted by molar-refractivity contribution is -0.137. The molecule has 1 unspecified atom stereocenters. The van der Waals surface area contributed by atoms with Gasteiger partial charge in [0.15, 0.2) is 5.82 Å². The fourth-order valence-corrected chi connectivity index (χ4v) is 4.33. The highest BCUT2D eigenvalue weighted by atomic mass is 35.5. The summed E-state index contributed by atoms with van der Waals surface area (Å²) < 4.78 is 60.5. The number of alkyl halides is 3. The maximum atomic E-state index is 13.3. The molecular weight excluding hydrogens is 457 g/mol. The third-order valence-corrected chi connectivity index (χ3v) is 5.60. The molecule has 0 aliphatic carbocycles. The molecule has 0 saturated carbocycles. The van der Waals surface area contributed by atoms with Crippen molar-refractivity contribution < 1.29 is 17.4 Å². The van der Waals surface area contributed by atoms with Gasteiger partial charge in [-0.25, -0.2) is 19.2 Å². The molecule has 0 bridgehead atoms. The number of benzene rings is 1. The van der Waals surface area contributed by atoms with Gasteiger partial charge in [-0.2, -0.15) is 27.3 Å². The molecule has 0 radical (unpaired) electrons. The minimum Gasteiger partial charge on any atom is -0.283 e. The smallest absolute Gasteiger partial charge is 0.283 e. The van der Waals surface area contributed by atoms with Crippen LogP contribution in [0.4, 0.5) is 18.9 Å². The van der Waals surface area contributed by atoms with Crippen molar-refractivity contribution in [1.82, 2.24) is 29.5 Å². The summed E-state index contributed by atoms with van der Waals surface area (Å²) in [4.78, 5) is 16.8. The zero-order chi connectivity index (χ0) is 22.4. The highest BCUT2D eigenvalue weighted by molar-refractivity contribution is 7.91. The van der Waals surface area contributed by atoms with E-state index in [1.165, 1.54) is 29.7 Å². The van der Waals surface area contributed by atoms with E-state index in [-0.39, 0.29) is 28.1 Å². The molecule has 1 N–H and O–H groups in total. The van der Waals surface area contributed by atoms with Crippen molar-refractivity contribution in [2.24, 2.45) is 9.36 Å². The monoisotopic (exact) mass is 470 g/mol. The highest BCUT2D eigenvalue weighted by Crippen LogP contribution is 2.39. The second-order valence-electron chi connectivity index (χ2n) is 6.58. The summed E-state index contributed by atoms with van der Waals surface area (Å²) in [5.74, 6) is 0.516. The van der Waals surface area contributed by atoms with Crippen LogP contribution in [-0.2, 0) is 16.1 Å². The fourth-order valence-electron chi connectivity index (χ4n) is 2.90. The number of aromatic nitrogens is 5. The number of rotatable bonds is 3. The summed E-state index contributed by atoms with van der Waals surface area (Å²) in [6, 6.07) is 2.52. The molecule has 4 rings (SSSR count). The molecule has 0 fully saturated rings. The van der Waals surface area contributed by atoms with E-state index in [1.807, 2.05) is 0 Å².